The molecule has 5 atom stereocenters. The second-order valence-corrected chi connectivity index (χ2v) is 8.64. The summed E-state index contributed by atoms with van der Waals surface area (Å²) in [6, 6.07) is -1.17. The summed E-state index contributed by atoms with van der Waals surface area (Å²) in [7, 11) is 0. The van der Waals surface area contributed by atoms with Gasteiger partial charge in [-0.25, -0.2) is 4.79 Å². The smallest absolute Gasteiger partial charge is 0.407 e. The van der Waals surface area contributed by atoms with Gasteiger partial charge < -0.3 is 29.6 Å². The van der Waals surface area contributed by atoms with E-state index in [1.807, 2.05) is 0 Å². The van der Waals surface area contributed by atoms with Crippen molar-refractivity contribution in [1.29, 1.82) is 0 Å². The predicted octanol–water partition coefficient (Wildman–Crippen LogP) is 1.49. The molecule has 2 aliphatic rings. The molecule has 28 heavy (non-hydrogen) atoms. The highest BCUT2D eigenvalue weighted by atomic mass is 16.8. The molecule has 9 nitrogen and oxygen atoms in total. The quantitative estimate of drug-likeness (QED) is 0.688. The van der Waals surface area contributed by atoms with E-state index in [1.54, 1.807) is 41.5 Å². The summed E-state index contributed by atoms with van der Waals surface area (Å²) in [5.41, 5.74) is -0.680. The minimum atomic E-state index is -0.933. The van der Waals surface area contributed by atoms with E-state index >= 15 is 0 Å². The lowest BCUT2D eigenvalue weighted by atomic mass is 9.78. The number of fused-ring (bicyclic) bond motifs is 1. The molecule has 1 saturated carbocycles. The van der Waals surface area contributed by atoms with Gasteiger partial charge >= 0.3 is 12.1 Å². The molecule has 2 N–H and O–H groups in total. The molecule has 1 aliphatic carbocycles. The summed E-state index contributed by atoms with van der Waals surface area (Å²) in [4.78, 5) is 36.7. The largest absolute Gasteiger partial charge is 0.466 e. The zero-order valence-electron chi connectivity index (χ0n) is 17.7. The highest BCUT2D eigenvalue weighted by Gasteiger charge is 2.57. The Morgan fingerprint density at radius 2 is 1.71 bits per heavy atom. The Labute approximate surface area is 165 Å². The van der Waals surface area contributed by atoms with Gasteiger partial charge in [0.25, 0.3) is 0 Å². The Morgan fingerprint density at radius 3 is 2.25 bits per heavy atom. The molecule has 0 bridgehead atoms. The molecule has 0 spiro atoms. The van der Waals surface area contributed by atoms with Gasteiger partial charge in [0.05, 0.1) is 24.6 Å². The summed E-state index contributed by atoms with van der Waals surface area (Å²) >= 11 is 0. The summed E-state index contributed by atoms with van der Waals surface area (Å²) in [6.45, 7) is 12.1. The van der Waals surface area contributed by atoms with Gasteiger partial charge in [-0.15, -0.1) is 0 Å². The lowest BCUT2D eigenvalue weighted by Gasteiger charge is -2.41. The lowest BCUT2D eigenvalue weighted by Crippen LogP contribution is -2.65. The van der Waals surface area contributed by atoms with Crippen LogP contribution >= 0.6 is 0 Å². The number of esters is 1. The van der Waals surface area contributed by atoms with Crippen LogP contribution in [0.25, 0.3) is 0 Å². The van der Waals surface area contributed by atoms with E-state index in [9.17, 15) is 14.4 Å². The van der Waals surface area contributed by atoms with Crippen LogP contribution in [0.1, 0.15) is 54.9 Å². The molecule has 2 rings (SSSR count). The molecule has 0 aromatic carbocycles. The molecule has 2 fully saturated rings. The molecule has 160 valence electrons. The number of carbonyl (C=O) groups is 3. The van der Waals surface area contributed by atoms with Gasteiger partial charge in [-0.2, -0.15) is 0 Å². The Morgan fingerprint density at radius 1 is 1.11 bits per heavy atom. The van der Waals surface area contributed by atoms with Crippen LogP contribution in [0.2, 0.25) is 0 Å². The summed E-state index contributed by atoms with van der Waals surface area (Å²) in [6.07, 6.45) is -1.62. The van der Waals surface area contributed by atoms with Gasteiger partial charge in [0.15, 0.2) is 5.79 Å². The van der Waals surface area contributed by atoms with Crippen molar-refractivity contribution in [2.75, 3.05) is 6.61 Å². The van der Waals surface area contributed by atoms with E-state index in [-0.39, 0.29) is 18.9 Å². The number of alkyl carbamates (subject to hydrolysis) is 1. The zero-order valence-corrected chi connectivity index (χ0v) is 17.7. The molecule has 9 heteroatoms. The topological polar surface area (TPSA) is 112 Å². The average Bonchev–Trinajstić information content (AvgIpc) is 2.82. The first kappa shape index (κ1) is 22.4. The van der Waals surface area contributed by atoms with Gasteiger partial charge in [-0.05, 0) is 48.0 Å². The third-order valence-corrected chi connectivity index (χ3v) is 4.52. The first-order chi connectivity index (χ1) is 12.8. The van der Waals surface area contributed by atoms with Gasteiger partial charge in [0, 0.05) is 6.92 Å². The number of hydrogen-bond acceptors (Lipinski definition) is 7. The van der Waals surface area contributed by atoms with Crippen LogP contribution in [0.5, 0.6) is 0 Å². The molecule has 2 amide bonds. The van der Waals surface area contributed by atoms with Crippen molar-refractivity contribution < 1.29 is 33.3 Å². The molecular formula is C19H32N2O7. The second-order valence-electron chi connectivity index (χ2n) is 8.64. The van der Waals surface area contributed by atoms with Gasteiger partial charge in [0.1, 0.15) is 17.8 Å². The number of amides is 2. The molecule has 0 radical (unpaired) electrons. The Balaban J connectivity index is 2.30. The van der Waals surface area contributed by atoms with E-state index in [4.69, 9.17) is 18.9 Å². The number of nitrogens with one attached hydrogen (secondary N) is 2. The van der Waals surface area contributed by atoms with Crippen molar-refractivity contribution in [2.45, 2.75) is 90.6 Å². The SMILES string of the molecule is CCOC(=O)[C@@H]1C[C@H](NC(=O)OC(C)(C)C)[C@@H](NC(C)=O)[C@@H]2OC(C)(C)O[C@@H]21. The maximum absolute atomic E-state index is 12.6. The van der Waals surface area contributed by atoms with Crippen LogP contribution in [0, 0.1) is 5.92 Å². The fourth-order valence-electron chi connectivity index (χ4n) is 3.69. The minimum absolute atomic E-state index is 0.226. The first-order valence-electron chi connectivity index (χ1n) is 9.62. The average molecular weight is 400 g/mol. The third kappa shape index (κ3) is 5.57. The Hall–Kier alpha value is -1.87. The normalized spacial score (nSPS) is 31.5. The van der Waals surface area contributed by atoms with E-state index in [0.717, 1.165) is 0 Å². The predicted molar refractivity (Wildman–Crippen MR) is 99.3 cm³/mol. The molecular weight excluding hydrogens is 368 g/mol. The van der Waals surface area contributed by atoms with Crippen molar-refractivity contribution in [1.82, 2.24) is 10.6 Å². The molecule has 0 aromatic rings. The van der Waals surface area contributed by atoms with Crippen LogP contribution < -0.4 is 10.6 Å². The van der Waals surface area contributed by atoms with Crippen molar-refractivity contribution in [3.8, 4) is 0 Å². The molecule has 0 unspecified atom stereocenters. The Kier molecular flexibility index (Phi) is 6.60. The van der Waals surface area contributed by atoms with E-state index < -0.39 is 53.7 Å². The molecule has 1 aliphatic heterocycles. The van der Waals surface area contributed by atoms with Crippen molar-refractivity contribution in [2.24, 2.45) is 5.92 Å². The van der Waals surface area contributed by atoms with E-state index in [0.29, 0.717) is 0 Å². The molecule has 1 heterocycles. The maximum Gasteiger partial charge on any atom is 0.407 e. The maximum atomic E-state index is 12.6. The van der Waals surface area contributed by atoms with E-state index in [1.165, 1.54) is 6.92 Å². The molecule has 0 aromatic heterocycles. The molecule has 1 saturated heterocycles. The van der Waals surface area contributed by atoms with Gasteiger partial charge in [0.2, 0.25) is 5.91 Å². The minimum Gasteiger partial charge on any atom is -0.466 e. The standard InChI is InChI=1S/C19H32N2O7/c1-8-25-16(23)11-9-12(21-17(24)28-18(3,4)5)13(20-10(2)22)15-14(11)26-19(6,7)27-15/h11-15H,8-9H2,1-7H3,(H,20,22)(H,21,24)/t11-,12+,13-,14-,15+/m1/s1. The zero-order chi connectivity index (χ0) is 21.3. The highest BCUT2D eigenvalue weighted by Crippen LogP contribution is 2.40. The number of hydrogen-bond donors (Lipinski definition) is 2. The fraction of sp³-hybridized carbons (Fsp3) is 0.842. The summed E-state index contributed by atoms with van der Waals surface area (Å²) in [5.74, 6) is -2.27. The summed E-state index contributed by atoms with van der Waals surface area (Å²) < 4.78 is 22.5. The number of ether oxygens (including phenoxy) is 4. The second kappa shape index (κ2) is 8.24. The van der Waals surface area contributed by atoms with Crippen molar-refractivity contribution in [3.05, 3.63) is 0 Å². The van der Waals surface area contributed by atoms with Crippen LogP contribution in [0.15, 0.2) is 0 Å². The number of carbonyl (C=O) groups excluding carboxylic acids is 3. The number of rotatable bonds is 4. The van der Waals surface area contributed by atoms with Crippen molar-refractivity contribution >= 4 is 18.0 Å². The first-order valence-corrected chi connectivity index (χ1v) is 9.62. The third-order valence-electron chi connectivity index (χ3n) is 4.52. The van der Waals surface area contributed by atoms with E-state index in [2.05, 4.69) is 10.6 Å². The highest BCUT2D eigenvalue weighted by molar-refractivity contribution is 5.76. The lowest BCUT2D eigenvalue weighted by molar-refractivity contribution is -0.163. The van der Waals surface area contributed by atoms with Crippen LogP contribution in [-0.4, -0.2) is 60.3 Å². The van der Waals surface area contributed by atoms with Crippen LogP contribution in [0.4, 0.5) is 4.79 Å². The monoisotopic (exact) mass is 400 g/mol. The van der Waals surface area contributed by atoms with Crippen molar-refractivity contribution in [3.63, 3.8) is 0 Å². The van der Waals surface area contributed by atoms with Gasteiger partial charge in [-0.3, -0.25) is 9.59 Å². The van der Waals surface area contributed by atoms with Crippen LogP contribution in [-0.2, 0) is 28.5 Å². The van der Waals surface area contributed by atoms with Gasteiger partial charge in [-0.1, -0.05) is 0 Å². The fourth-order valence-corrected chi connectivity index (χ4v) is 3.69. The Bertz CT molecular complexity index is 614. The summed E-state index contributed by atoms with van der Waals surface area (Å²) in [5, 5.41) is 5.61. The van der Waals surface area contributed by atoms with Crippen LogP contribution in [0.3, 0.4) is 0 Å².